The first kappa shape index (κ1) is 19.0. The molecule has 0 fully saturated rings. The number of hydrogen-bond donors (Lipinski definition) is 3. The van der Waals surface area contributed by atoms with Crippen LogP contribution < -0.4 is 16.0 Å². The van der Waals surface area contributed by atoms with Crippen LogP contribution in [0, 0.1) is 0 Å². The SMILES string of the molecule is CCOC(=O)C1=C(COC(=O)CNC(=O)c2ccco2)NC(=O)N[C@@H]1C. The molecule has 3 amide bonds. The fourth-order valence-corrected chi connectivity index (χ4v) is 2.24. The molecule has 1 aliphatic heterocycles. The molecule has 0 bridgehead atoms. The van der Waals surface area contributed by atoms with Crippen molar-refractivity contribution in [1.82, 2.24) is 16.0 Å². The third-order valence-corrected chi connectivity index (χ3v) is 3.38. The minimum atomic E-state index is -0.749. The van der Waals surface area contributed by atoms with Gasteiger partial charge in [-0.3, -0.25) is 9.59 Å². The van der Waals surface area contributed by atoms with Gasteiger partial charge < -0.3 is 29.8 Å². The van der Waals surface area contributed by atoms with Crippen LogP contribution in [0.5, 0.6) is 0 Å². The number of esters is 2. The molecule has 1 aliphatic rings. The maximum absolute atomic E-state index is 12.0. The van der Waals surface area contributed by atoms with Crippen molar-refractivity contribution >= 4 is 23.9 Å². The van der Waals surface area contributed by atoms with E-state index in [1.54, 1.807) is 13.8 Å². The average Bonchev–Trinajstić information content (AvgIpc) is 3.12. The van der Waals surface area contributed by atoms with Gasteiger partial charge in [-0.05, 0) is 26.0 Å². The van der Waals surface area contributed by atoms with Crippen LogP contribution in [-0.4, -0.2) is 49.7 Å². The van der Waals surface area contributed by atoms with Crippen molar-refractivity contribution in [2.24, 2.45) is 0 Å². The summed E-state index contributed by atoms with van der Waals surface area (Å²) in [5.41, 5.74) is 0.296. The van der Waals surface area contributed by atoms with Crippen LogP contribution in [0.1, 0.15) is 24.4 Å². The normalized spacial score (nSPS) is 16.4. The molecule has 0 radical (unpaired) electrons. The van der Waals surface area contributed by atoms with Gasteiger partial charge in [0.1, 0.15) is 13.2 Å². The molecule has 140 valence electrons. The van der Waals surface area contributed by atoms with Crippen LogP contribution in [0.3, 0.4) is 0 Å². The van der Waals surface area contributed by atoms with Gasteiger partial charge >= 0.3 is 18.0 Å². The molecule has 0 aliphatic carbocycles. The maximum atomic E-state index is 12.0. The standard InChI is InChI=1S/C16H19N3O7/c1-3-24-15(22)13-9(2)18-16(23)19-10(13)8-26-12(20)7-17-14(21)11-5-4-6-25-11/h4-6,9H,3,7-8H2,1-2H3,(H,17,21)(H2,18,19,23)/t9-/m1/s1. The van der Waals surface area contributed by atoms with Crippen LogP contribution in [0.4, 0.5) is 4.79 Å². The largest absolute Gasteiger partial charge is 0.463 e. The van der Waals surface area contributed by atoms with Gasteiger partial charge in [0.25, 0.3) is 5.91 Å². The summed E-state index contributed by atoms with van der Waals surface area (Å²) < 4.78 is 14.9. The second-order valence-electron chi connectivity index (χ2n) is 5.25. The Morgan fingerprint density at radius 1 is 1.31 bits per heavy atom. The summed E-state index contributed by atoms with van der Waals surface area (Å²) >= 11 is 0. The highest BCUT2D eigenvalue weighted by Gasteiger charge is 2.30. The molecule has 0 unspecified atom stereocenters. The van der Waals surface area contributed by atoms with Crippen molar-refractivity contribution in [3.63, 3.8) is 0 Å². The molecule has 10 nitrogen and oxygen atoms in total. The van der Waals surface area contributed by atoms with Crippen molar-refractivity contribution in [3.05, 3.63) is 35.4 Å². The number of hydrogen-bond acceptors (Lipinski definition) is 7. The Kier molecular flexibility index (Phi) is 6.36. The van der Waals surface area contributed by atoms with E-state index in [0.29, 0.717) is 0 Å². The van der Waals surface area contributed by atoms with Gasteiger partial charge in [0.15, 0.2) is 5.76 Å². The Balaban J connectivity index is 1.94. The highest BCUT2D eigenvalue weighted by molar-refractivity contribution is 5.95. The number of carbonyl (C=O) groups is 4. The highest BCUT2D eigenvalue weighted by Crippen LogP contribution is 2.14. The van der Waals surface area contributed by atoms with Gasteiger partial charge in [-0.2, -0.15) is 0 Å². The number of rotatable bonds is 7. The van der Waals surface area contributed by atoms with Gasteiger partial charge in [0.05, 0.1) is 30.2 Å². The van der Waals surface area contributed by atoms with E-state index in [4.69, 9.17) is 13.9 Å². The summed E-state index contributed by atoms with van der Waals surface area (Å²) in [7, 11) is 0. The van der Waals surface area contributed by atoms with E-state index in [-0.39, 0.29) is 30.2 Å². The molecule has 0 saturated heterocycles. The number of ether oxygens (including phenoxy) is 2. The van der Waals surface area contributed by atoms with E-state index in [1.807, 2.05) is 0 Å². The zero-order valence-corrected chi connectivity index (χ0v) is 14.3. The van der Waals surface area contributed by atoms with E-state index in [0.717, 1.165) is 0 Å². The first-order valence-corrected chi connectivity index (χ1v) is 7.87. The molecule has 2 heterocycles. The zero-order chi connectivity index (χ0) is 19.1. The zero-order valence-electron chi connectivity index (χ0n) is 14.3. The minimum absolute atomic E-state index is 0.0598. The van der Waals surface area contributed by atoms with E-state index < -0.39 is 36.5 Å². The predicted octanol–water partition coefficient (Wildman–Crippen LogP) is 0.0711. The van der Waals surface area contributed by atoms with Crippen molar-refractivity contribution in [1.29, 1.82) is 0 Å². The molecule has 26 heavy (non-hydrogen) atoms. The topological polar surface area (TPSA) is 136 Å². The van der Waals surface area contributed by atoms with Crippen molar-refractivity contribution < 1.29 is 33.1 Å². The second kappa shape index (κ2) is 8.70. The molecule has 1 atom stereocenters. The Morgan fingerprint density at radius 2 is 2.08 bits per heavy atom. The van der Waals surface area contributed by atoms with Crippen LogP contribution in [0.15, 0.2) is 34.1 Å². The summed E-state index contributed by atoms with van der Waals surface area (Å²) in [5, 5.41) is 7.28. The molecule has 0 aromatic carbocycles. The molecule has 3 N–H and O–H groups in total. The number of carbonyl (C=O) groups excluding carboxylic acids is 4. The van der Waals surface area contributed by atoms with Gasteiger partial charge in [0, 0.05) is 0 Å². The number of urea groups is 1. The average molecular weight is 365 g/mol. The lowest BCUT2D eigenvalue weighted by atomic mass is 10.0. The smallest absolute Gasteiger partial charge is 0.338 e. The van der Waals surface area contributed by atoms with Crippen LogP contribution >= 0.6 is 0 Å². The Bertz CT molecular complexity index is 724. The fourth-order valence-electron chi connectivity index (χ4n) is 2.24. The van der Waals surface area contributed by atoms with Crippen molar-refractivity contribution in [2.75, 3.05) is 19.8 Å². The molecule has 1 aromatic rings. The lowest BCUT2D eigenvalue weighted by Crippen LogP contribution is -2.50. The molecular weight excluding hydrogens is 346 g/mol. The summed E-state index contributed by atoms with van der Waals surface area (Å²) in [6.45, 7) is 2.68. The molecule has 10 heteroatoms. The van der Waals surface area contributed by atoms with Crippen LogP contribution in [0.2, 0.25) is 0 Å². The van der Waals surface area contributed by atoms with Gasteiger partial charge in [-0.1, -0.05) is 0 Å². The molecule has 2 rings (SSSR count). The maximum Gasteiger partial charge on any atom is 0.338 e. The second-order valence-corrected chi connectivity index (χ2v) is 5.25. The fraction of sp³-hybridized carbons (Fsp3) is 0.375. The van der Waals surface area contributed by atoms with Gasteiger partial charge in [-0.25, -0.2) is 9.59 Å². The number of nitrogens with one attached hydrogen (secondary N) is 3. The van der Waals surface area contributed by atoms with Crippen LogP contribution in [-0.2, 0) is 19.1 Å². The summed E-state index contributed by atoms with van der Waals surface area (Å²) in [6, 6.07) is 1.86. The Hall–Kier alpha value is -3.30. The lowest BCUT2D eigenvalue weighted by molar-refractivity contribution is -0.142. The summed E-state index contributed by atoms with van der Waals surface area (Å²) in [5.74, 6) is -1.88. The van der Waals surface area contributed by atoms with E-state index >= 15 is 0 Å². The number of furan rings is 1. The third kappa shape index (κ3) is 4.85. The quantitative estimate of drug-likeness (QED) is 0.582. The Morgan fingerprint density at radius 3 is 2.73 bits per heavy atom. The Labute approximate surface area is 148 Å². The molecule has 0 saturated carbocycles. The van der Waals surface area contributed by atoms with Crippen molar-refractivity contribution in [2.45, 2.75) is 19.9 Å². The first-order chi connectivity index (χ1) is 12.4. The lowest BCUT2D eigenvalue weighted by Gasteiger charge is -2.26. The molecule has 0 spiro atoms. The van der Waals surface area contributed by atoms with Gasteiger partial charge in [-0.15, -0.1) is 0 Å². The molecule has 1 aromatic heterocycles. The van der Waals surface area contributed by atoms with E-state index in [2.05, 4.69) is 16.0 Å². The highest BCUT2D eigenvalue weighted by atomic mass is 16.5. The predicted molar refractivity (Wildman–Crippen MR) is 86.8 cm³/mol. The summed E-state index contributed by atoms with van der Waals surface area (Å²) in [6.07, 6.45) is 1.33. The summed E-state index contributed by atoms with van der Waals surface area (Å²) in [4.78, 5) is 47.1. The van der Waals surface area contributed by atoms with Crippen LogP contribution in [0.25, 0.3) is 0 Å². The van der Waals surface area contributed by atoms with Gasteiger partial charge in [0.2, 0.25) is 0 Å². The first-order valence-electron chi connectivity index (χ1n) is 7.87. The van der Waals surface area contributed by atoms with E-state index in [9.17, 15) is 19.2 Å². The van der Waals surface area contributed by atoms with E-state index in [1.165, 1.54) is 18.4 Å². The number of amides is 3. The third-order valence-electron chi connectivity index (χ3n) is 3.38. The van der Waals surface area contributed by atoms with Crippen molar-refractivity contribution in [3.8, 4) is 0 Å². The monoisotopic (exact) mass is 365 g/mol. The minimum Gasteiger partial charge on any atom is -0.463 e. The molecular formula is C16H19N3O7.